The summed E-state index contributed by atoms with van der Waals surface area (Å²) in [6.45, 7) is 7.92. The molecule has 0 bridgehead atoms. The number of carbonyl (C=O) groups is 1. The van der Waals surface area contributed by atoms with Crippen molar-refractivity contribution in [1.82, 2.24) is 4.57 Å². The van der Waals surface area contributed by atoms with E-state index in [1.165, 1.54) is 16.7 Å². The topological polar surface area (TPSA) is 88.4 Å². The first-order chi connectivity index (χ1) is 23.2. The number of nitrogens with zero attached hydrogens (tertiary/aromatic N) is 2. The molecule has 0 unspecified atom stereocenters. The van der Waals surface area contributed by atoms with Crippen molar-refractivity contribution in [3.8, 4) is 17.2 Å². The van der Waals surface area contributed by atoms with Gasteiger partial charge in [0, 0.05) is 10.0 Å². The molecule has 0 amide bonds. The van der Waals surface area contributed by atoms with Crippen LogP contribution in [0.3, 0.4) is 0 Å². The fourth-order valence-corrected chi connectivity index (χ4v) is 7.19. The molecular weight excluding hydrogens is 692 g/mol. The van der Waals surface area contributed by atoms with Crippen LogP contribution in [0.1, 0.15) is 50.4 Å². The second-order valence-electron chi connectivity index (χ2n) is 11.5. The molecule has 0 fully saturated rings. The number of benzene rings is 4. The second-order valence-corrected chi connectivity index (χ2v) is 13.4. The normalized spacial score (nSPS) is 14.6. The number of fused-ring (bicyclic) bond motifs is 2. The summed E-state index contributed by atoms with van der Waals surface area (Å²) >= 11 is 4.93. The Balaban J connectivity index is 1.40. The van der Waals surface area contributed by atoms with Gasteiger partial charge < -0.3 is 18.9 Å². The van der Waals surface area contributed by atoms with Crippen molar-refractivity contribution in [3.05, 3.63) is 131 Å². The van der Waals surface area contributed by atoms with E-state index in [9.17, 15) is 9.59 Å². The van der Waals surface area contributed by atoms with Crippen LogP contribution in [0, 0.1) is 0 Å². The van der Waals surface area contributed by atoms with E-state index in [0.717, 1.165) is 21.0 Å². The van der Waals surface area contributed by atoms with E-state index in [2.05, 4.69) is 40.2 Å². The fraction of sp³-hybridized carbons (Fsp3) is 0.237. The zero-order valence-electron chi connectivity index (χ0n) is 27.3. The van der Waals surface area contributed by atoms with Gasteiger partial charge in [0.15, 0.2) is 16.3 Å². The highest BCUT2D eigenvalue weighted by atomic mass is 79.9. The maximum atomic E-state index is 14.2. The van der Waals surface area contributed by atoms with Crippen molar-refractivity contribution in [2.24, 2.45) is 4.99 Å². The van der Waals surface area contributed by atoms with Crippen LogP contribution in [0.4, 0.5) is 0 Å². The second kappa shape index (κ2) is 14.2. The Bertz CT molecular complexity index is 2240. The Kier molecular flexibility index (Phi) is 9.84. The molecule has 5 aromatic rings. The van der Waals surface area contributed by atoms with E-state index < -0.39 is 12.0 Å². The predicted molar refractivity (Wildman–Crippen MR) is 192 cm³/mol. The van der Waals surface area contributed by atoms with Gasteiger partial charge in [-0.05, 0) is 79.9 Å². The number of allylic oxidation sites excluding steroid dienone is 1. The Morgan fingerprint density at radius 2 is 1.75 bits per heavy atom. The summed E-state index contributed by atoms with van der Waals surface area (Å²) in [5, 5.41) is 2.31. The molecule has 0 aliphatic carbocycles. The molecule has 10 heteroatoms. The summed E-state index contributed by atoms with van der Waals surface area (Å²) in [6, 6.07) is 24.8. The van der Waals surface area contributed by atoms with Gasteiger partial charge in [0.2, 0.25) is 0 Å². The third-order valence-corrected chi connectivity index (χ3v) is 9.54. The van der Waals surface area contributed by atoms with Gasteiger partial charge in [-0.2, -0.15) is 0 Å². The van der Waals surface area contributed by atoms with Crippen LogP contribution in [0.2, 0.25) is 0 Å². The Labute approximate surface area is 290 Å². The molecule has 0 radical (unpaired) electrons. The molecule has 0 N–H and O–H groups in total. The van der Waals surface area contributed by atoms with E-state index in [0.29, 0.717) is 50.0 Å². The summed E-state index contributed by atoms with van der Waals surface area (Å²) in [4.78, 5) is 32.8. The highest BCUT2D eigenvalue weighted by Crippen LogP contribution is 2.37. The lowest BCUT2D eigenvalue weighted by atomic mass is 9.95. The number of methoxy groups -OCH3 is 1. The van der Waals surface area contributed by atoms with Crippen molar-refractivity contribution < 1.29 is 23.7 Å². The number of rotatable bonds is 10. The van der Waals surface area contributed by atoms with E-state index >= 15 is 0 Å². The molecule has 246 valence electrons. The molecule has 1 aliphatic rings. The molecule has 8 nitrogen and oxygen atoms in total. The van der Waals surface area contributed by atoms with E-state index in [4.69, 9.17) is 23.9 Å². The molecule has 6 rings (SSSR count). The number of halogens is 1. The highest BCUT2D eigenvalue weighted by Gasteiger charge is 2.35. The van der Waals surface area contributed by atoms with Crippen molar-refractivity contribution in [2.75, 3.05) is 13.7 Å². The van der Waals surface area contributed by atoms with E-state index in [1.54, 1.807) is 31.6 Å². The van der Waals surface area contributed by atoms with Gasteiger partial charge in [0.1, 0.15) is 18.4 Å². The molecule has 4 aromatic carbocycles. The molecular formula is C38H35BrN2O6S. The molecule has 1 aliphatic heterocycles. The van der Waals surface area contributed by atoms with Crippen molar-refractivity contribution in [2.45, 2.75) is 46.4 Å². The maximum Gasteiger partial charge on any atom is 0.338 e. The van der Waals surface area contributed by atoms with Gasteiger partial charge in [-0.15, -0.1) is 0 Å². The summed E-state index contributed by atoms with van der Waals surface area (Å²) in [7, 11) is 1.58. The smallest absolute Gasteiger partial charge is 0.338 e. The van der Waals surface area contributed by atoms with Gasteiger partial charge in [0.25, 0.3) is 5.56 Å². The molecule has 1 atom stereocenters. The van der Waals surface area contributed by atoms with Gasteiger partial charge in [-0.25, -0.2) is 9.79 Å². The van der Waals surface area contributed by atoms with E-state index in [1.807, 2.05) is 68.4 Å². The van der Waals surface area contributed by atoms with Crippen LogP contribution >= 0.6 is 27.3 Å². The van der Waals surface area contributed by atoms with Crippen LogP contribution in [0.25, 0.3) is 16.8 Å². The summed E-state index contributed by atoms with van der Waals surface area (Å²) in [6.07, 6.45) is 1.67. The molecule has 0 spiro atoms. The molecule has 1 aromatic heterocycles. The largest absolute Gasteiger partial charge is 0.493 e. The lowest BCUT2D eigenvalue weighted by Crippen LogP contribution is -2.40. The lowest BCUT2D eigenvalue weighted by Gasteiger charge is -2.26. The van der Waals surface area contributed by atoms with Crippen LogP contribution in [-0.4, -0.2) is 30.4 Å². The number of carbonyl (C=O) groups excluding carboxylic acids is 1. The number of hydrogen-bond acceptors (Lipinski definition) is 8. The van der Waals surface area contributed by atoms with Gasteiger partial charge >= 0.3 is 5.97 Å². The molecule has 0 saturated carbocycles. The maximum absolute atomic E-state index is 14.2. The Hall–Kier alpha value is -4.67. The molecule has 48 heavy (non-hydrogen) atoms. The minimum atomic E-state index is -0.791. The van der Waals surface area contributed by atoms with Gasteiger partial charge in [0.05, 0.1) is 35.6 Å². The summed E-state index contributed by atoms with van der Waals surface area (Å²) in [5.41, 5.74) is 2.92. The number of para-hydroxylation sites is 1. The number of thiazole rings is 1. The quantitative estimate of drug-likeness (QED) is 0.143. The van der Waals surface area contributed by atoms with Gasteiger partial charge in [-0.3, -0.25) is 9.36 Å². The first-order valence-electron chi connectivity index (χ1n) is 15.6. The zero-order valence-corrected chi connectivity index (χ0v) is 29.7. The summed E-state index contributed by atoms with van der Waals surface area (Å²) < 4.78 is 26.2. The lowest BCUT2D eigenvalue weighted by molar-refractivity contribution is -0.139. The average Bonchev–Trinajstić information content (AvgIpc) is 3.37. The van der Waals surface area contributed by atoms with Crippen LogP contribution < -0.4 is 29.1 Å². The van der Waals surface area contributed by atoms with Crippen LogP contribution in [0.5, 0.6) is 17.2 Å². The average molecular weight is 728 g/mol. The number of ether oxygens (including phenoxy) is 4. The minimum Gasteiger partial charge on any atom is -0.493 e. The third kappa shape index (κ3) is 6.68. The number of hydrogen-bond donors (Lipinski definition) is 0. The number of aromatic nitrogens is 1. The third-order valence-electron chi connectivity index (χ3n) is 7.87. The standard InChI is InChI=1S/C38H35BrN2O6S/c1-6-45-37(43)34-23(4)40-38-41(35(34)28-13-9-10-14-30(28)47-22(2)3)36(42)33(48-38)19-27-18-31(44-5)32(20-29(27)39)46-21-24-15-16-25-11-7-8-12-26(25)17-24/h7-20,22,35H,6,21H2,1-5H3/b33-19+/t35-/m1/s1. The van der Waals surface area contributed by atoms with Crippen molar-refractivity contribution in [1.29, 1.82) is 0 Å². The monoisotopic (exact) mass is 726 g/mol. The number of esters is 1. The van der Waals surface area contributed by atoms with Crippen molar-refractivity contribution in [3.63, 3.8) is 0 Å². The SMILES string of the molecule is CCOC(=O)C1=C(C)N=c2s/c(=C/c3cc(OC)c(OCc4ccc5ccccc5c4)cc3Br)c(=O)n2[C@@H]1c1ccccc1OC(C)C. The predicted octanol–water partition coefficient (Wildman–Crippen LogP) is 7.09. The van der Waals surface area contributed by atoms with Gasteiger partial charge in [-0.1, -0.05) is 81.9 Å². The van der Waals surface area contributed by atoms with Crippen LogP contribution in [-0.2, 0) is 16.1 Å². The van der Waals surface area contributed by atoms with Crippen molar-refractivity contribution >= 4 is 50.1 Å². The van der Waals surface area contributed by atoms with Crippen LogP contribution in [0.15, 0.2) is 104 Å². The fourth-order valence-electron chi connectivity index (χ4n) is 5.72. The Morgan fingerprint density at radius 3 is 2.50 bits per heavy atom. The minimum absolute atomic E-state index is 0.120. The summed E-state index contributed by atoms with van der Waals surface area (Å²) in [5.74, 6) is 1.14. The zero-order chi connectivity index (χ0) is 33.9. The molecule has 0 saturated heterocycles. The highest BCUT2D eigenvalue weighted by molar-refractivity contribution is 9.10. The first-order valence-corrected chi connectivity index (χ1v) is 17.2. The van der Waals surface area contributed by atoms with E-state index in [-0.39, 0.29) is 18.3 Å². The first kappa shape index (κ1) is 33.2. The Morgan fingerprint density at radius 1 is 1.00 bits per heavy atom. The molecule has 2 heterocycles.